The number of aliphatic hydroxyl groups is 2. The maximum absolute atomic E-state index is 8.96. The van der Waals surface area contributed by atoms with Crippen LogP contribution in [-0.4, -0.2) is 29.5 Å². The third kappa shape index (κ3) is 4.03. The molecule has 0 spiro atoms. The molecule has 0 fully saturated rings. The Morgan fingerprint density at radius 3 is 2.54 bits per heavy atom. The van der Waals surface area contributed by atoms with Crippen LogP contribution < -0.4 is 0 Å². The van der Waals surface area contributed by atoms with Gasteiger partial charge in [0.1, 0.15) is 6.10 Å². The fourth-order valence-electron chi connectivity index (χ4n) is 0.940. The maximum atomic E-state index is 8.96. The molecule has 72 valence electrons. The van der Waals surface area contributed by atoms with Crippen molar-refractivity contribution in [2.45, 2.75) is 12.7 Å². The van der Waals surface area contributed by atoms with E-state index in [1.165, 1.54) is 0 Å². The van der Waals surface area contributed by atoms with Crippen molar-refractivity contribution in [3.05, 3.63) is 35.9 Å². The van der Waals surface area contributed by atoms with E-state index in [0.29, 0.717) is 6.61 Å². The maximum Gasteiger partial charge on any atom is 0.100 e. The first kappa shape index (κ1) is 10.2. The fourth-order valence-corrected chi connectivity index (χ4v) is 0.940. The normalized spacial score (nSPS) is 12.8. The minimum atomic E-state index is -0.774. The largest absolute Gasteiger partial charge is 0.394 e. The first-order valence-electron chi connectivity index (χ1n) is 4.23. The van der Waals surface area contributed by atoms with Crippen LogP contribution in [0.2, 0.25) is 0 Å². The smallest absolute Gasteiger partial charge is 0.100 e. The summed E-state index contributed by atoms with van der Waals surface area (Å²) in [5.41, 5.74) is 1.06. The highest BCUT2D eigenvalue weighted by Gasteiger charge is 2.00. The van der Waals surface area contributed by atoms with Crippen LogP contribution in [0.15, 0.2) is 30.3 Å². The molecule has 0 bridgehead atoms. The fraction of sp³-hybridized carbons (Fsp3) is 0.400. The van der Waals surface area contributed by atoms with Gasteiger partial charge in [-0.25, -0.2) is 0 Å². The summed E-state index contributed by atoms with van der Waals surface area (Å²) in [4.78, 5) is 0. The summed E-state index contributed by atoms with van der Waals surface area (Å²) in [6.07, 6.45) is -0.774. The lowest BCUT2D eigenvalue weighted by Crippen LogP contribution is -2.19. The van der Waals surface area contributed by atoms with E-state index in [-0.39, 0.29) is 13.2 Å². The Hall–Kier alpha value is -0.900. The van der Waals surface area contributed by atoms with Crippen molar-refractivity contribution in [3.8, 4) is 0 Å². The monoisotopic (exact) mass is 182 g/mol. The number of benzene rings is 1. The summed E-state index contributed by atoms with van der Waals surface area (Å²) >= 11 is 0. The van der Waals surface area contributed by atoms with Crippen molar-refractivity contribution < 1.29 is 14.9 Å². The quantitative estimate of drug-likeness (QED) is 0.699. The van der Waals surface area contributed by atoms with E-state index in [2.05, 4.69) is 0 Å². The Morgan fingerprint density at radius 1 is 1.23 bits per heavy atom. The molecule has 0 radical (unpaired) electrons. The first-order valence-corrected chi connectivity index (χ1v) is 4.23. The van der Waals surface area contributed by atoms with Crippen LogP contribution in [0.5, 0.6) is 0 Å². The summed E-state index contributed by atoms with van der Waals surface area (Å²) in [5.74, 6) is 0. The average molecular weight is 182 g/mol. The molecule has 3 heteroatoms. The van der Waals surface area contributed by atoms with Gasteiger partial charge in [-0.05, 0) is 5.56 Å². The molecular weight excluding hydrogens is 168 g/mol. The molecule has 0 saturated carbocycles. The highest BCUT2D eigenvalue weighted by Crippen LogP contribution is 2.00. The predicted molar refractivity (Wildman–Crippen MR) is 49.2 cm³/mol. The van der Waals surface area contributed by atoms with Gasteiger partial charge in [0.2, 0.25) is 0 Å². The zero-order valence-corrected chi connectivity index (χ0v) is 7.39. The van der Waals surface area contributed by atoms with Gasteiger partial charge in [0.25, 0.3) is 0 Å². The average Bonchev–Trinajstić information content (AvgIpc) is 2.19. The summed E-state index contributed by atoms with van der Waals surface area (Å²) < 4.78 is 5.16. The molecule has 1 atom stereocenters. The summed E-state index contributed by atoms with van der Waals surface area (Å²) in [7, 11) is 0. The summed E-state index contributed by atoms with van der Waals surface area (Å²) in [6.45, 7) is 0.387. The molecule has 0 aromatic heterocycles. The van der Waals surface area contributed by atoms with Crippen molar-refractivity contribution in [3.63, 3.8) is 0 Å². The minimum Gasteiger partial charge on any atom is -0.394 e. The zero-order valence-electron chi connectivity index (χ0n) is 7.39. The van der Waals surface area contributed by atoms with Crippen molar-refractivity contribution in [1.29, 1.82) is 0 Å². The van der Waals surface area contributed by atoms with Crippen LogP contribution in [-0.2, 0) is 11.3 Å². The van der Waals surface area contributed by atoms with Crippen LogP contribution in [0.1, 0.15) is 5.56 Å². The second-order valence-electron chi connectivity index (χ2n) is 2.84. The van der Waals surface area contributed by atoms with Gasteiger partial charge in [-0.15, -0.1) is 0 Å². The number of rotatable bonds is 5. The SMILES string of the molecule is OC[C@H](O)COCc1ccccc1. The molecule has 0 saturated heterocycles. The van der Waals surface area contributed by atoms with Gasteiger partial charge >= 0.3 is 0 Å². The predicted octanol–water partition coefficient (Wildman–Crippen LogP) is 0.556. The Bertz CT molecular complexity index is 223. The van der Waals surface area contributed by atoms with Gasteiger partial charge < -0.3 is 14.9 Å². The summed E-state index contributed by atoms with van der Waals surface area (Å²) in [6, 6.07) is 9.70. The number of hydrogen-bond donors (Lipinski definition) is 2. The topological polar surface area (TPSA) is 49.7 Å². The van der Waals surface area contributed by atoms with Crippen LogP contribution >= 0.6 is 0 Å². The van der Waals surface area contributed by atoms with E-state index in [9.17, 15) is 0 Å². The molecule has 13 heavy (non-hydrogen) atoms. The number of aliphatic hydroxyl groups excluding tert-OH is 2. The van der Waals surface area contributed by atoms with Gasteiger partial charge in [0.15, 0.2) is 0 Å². The van der Waals surface area contributed by atoms with Crippen LogP contribution in [0.3, 0.4) is 0 Å². The van der Waals surface area contributed by atoms with Crippen molar-refractivity contribution in [2.24, 2.45) is 0 Å². The molecule has 2 N–H and O–H groups in total. The Kier molecular flexibility index (Phi) is 4.46. The lowest BCUT2D eigenvalue weighted by atomic mass is 10.2. The zero-order chi connectivity index (χ0) is 9.52. The molecule has 1 rings (SSSR count). The minimum absolute atomic E-state index is 0.172. The van der Waals surface area contributed by atoms with Crippen molar-refractivity contribution >= 4 is 0 Å². The van der Waals surface area contributed by atoms with E-state index in [1.807, 2.05) is 30.3 Å². The Morgan fingerprint density at radius 2 is 1.92 bits per heavy atom. The van der Waals surface area contributed by atoms with E-state index < -0.39 is 6.10 Å². The molecule has 1 aromatic carbocycles. The van der Waals surface area contributed by atoms with Gasteiger partial charge in [-0.1, -0.05) is 30.3 Å². The molecule has 0 unspecified atom stereocenters. The van der Waals surface area contributed by atoms with Crippen LogP contribution in [0.4, 0.5) is 0 Å². The Labute approximate surface area is 77.6 Å². The molecule has 1 aromatic rings. The van der Waals surface area contributed by atoms with E-state index >= 15 is 0 Å². The molecule has 3 nitrogen and oxygen atoms in total. The standard InChI is InChI=1S/C10H14O3/c11-6-10(12)8-13-7-9-4-2-1-3-5-9/h1-5,10-12H,6-8H2/t10-/m0/s1. The van der Waals surface area contributed by atoms with Gasteiger partial charge in [-0.2, -0.15) is 0 Å². The second kappa shape index (κ2) is 5.70. The molecule has 0 amide bonds. The van der Waals surface area contributed by atoms with Gasteiger partial charge in [0.05, 0.1) is 19.8 Å². The Balaban J connectivity index is 2.20. The molecule has 0 aliphatic rings. The molecule has 0 aliphatic heterocycles. The van der Waals surface area contributed by atoms with E-state index in [1.54, 1.807) is 0 Å². The summed E-state index contributed by atoms with van der Waals surface area (Å²) in [5, 5.41) is 17.5. The van der Waals surface area contributed by atoms with Gasteiger partial charge in [-0.3, -0.25) is 0 Å². The number of hydrogen-bond acceptors (Lipinski definition) is 3. The third-order valence-electron chi connectivity index (χ3n) is 1.63. The molecule has 0 heterocycles. The van der Waals surface area contributed by atoms with E-state index in [4.69, 9.17) is 14.9 Å². The highest BCUT2D eigenvalue weighted by molar-refractivity contribution is 5.13. The van der Waals surface area contributed by atoms with E-state index in [0.717, 1.165) is 5.56 Å². The molecule has 0 aliphatic carbocycles. The molecular formula is C10H14O3. The van der Waals surface area contributed by atoms with Crippen molar-refractivity contribution in [2.75, 3.05) is 13.2 Å². The van der Waals surface area contributed by atoms with Crippen LogP contribution in [0, 0.1) is 0 Å². The van der Waals surface area contributed by atoms with Crippen LogP contribution in [0.25, 0.3) is 0 Å². The lowest BCUT2D eigenvalue weighted by Gasteiger charge is -2.07. The second-order valence-corrected chi connectivity index (χ2v) is 2.84. The van der Waals surface area contributed by atoms with Gasteiger partial charge in [0, 0.05) is 0 Å². The third-order valence-corrected chi connectivity index (χ3v) is 1.63. The first-order chi connectivity index (χ1) is 6.33. The lowest BCUT2D eigenvalue weighted by molar-refractivity contribution is 0.0000253. The highest BCUT2D eigenvalue weighted by atomic mass is 16.5. The van der Waals surface area contributed by atoms with Crippen molar-refractivity contribution in [1.82, 2.24) is 0 Å². The number of ether oxygens (including phenoxy) is 1.